The number of nitrogens with zero attached hydrogens (tertiary/aromatic N) is 3. The van der Waals surface area contributed by atoms with Crippen LogP contribution in [0.4, 0.5) is 0 Å². The van der Waals surface area contributed by atoms with Crippen LogP contribution in [0.3, 0.4) is 0 Å². The number of rotatable bonds is 2. The molecule has 0 fully saturated rings. The van der Waals surface area contributed by atoms with Crippen LogP contribution in [0.1, 0.15) is 22.5 Å². The zero-order valence-corrected chi connectivity index (χ0v) is 22.1. The molecule has 1 unspecified atom stereocenters. The van der Waals surface area contributed by atoms with Crippen molar-refractivity contribution >= 4 is 0 Å². The lowest BCUT2D eigenvalue weighted by Gasteiger charge is -2.31. The van der Waals surface area contributed by atoms with Gasteiger partial charge in [0.2, 0.25) is 5.69 Å². The van der Waals surface area contributed by atoms with Crippen LogP contribution in [0.25, 0.3) is 27.9 Å². The molecule has 9 rings (SSSR count). The molecule has 1 spiro atoms. The van der Waals surface area contributed by atoms with Crippen molar-refractivity contribution in [3.63, 3.8) is 0 Å². The van der Waals surface area contributed by atoms with Crippen molar-refractivity contribution in [3.05, 3.63) is 138 Å². The first-order valence-corrected chi connectivity index (χ1v) is 13.6. The third-order valence-corrected chi connectivity index (χ3v) is 8.67. The monoisotopic (exact) mass is 519 g/mol. The molecule has 0 N–H and O–H groups in total. The van der Waals surface area contributed by atoms with E-state index < -0.39 is 5.66 Å². The van der Waals surface area contributed by atoms with Crippen LogP contribution in [0.5, 0.6) is 23.1 Å². The Morgan fingerprint density at radius 3 is 2.05 bits per heavy atom. The Kier molecular flexibility index (Phi) is 4.07. The van der Waals surface area contributed by atoms with Crippen LogP contribution < -0.4 is 18.7 Å². The Morgan fingerprint density at radius 1 is 0.600 bits per heavy atom. The molecule has 1 atom stereocenters. The first kappa shape index (κ1) is 21.7. The largest absolute Gasteiger partial charge is 0.455 e. The van der Waals surface area contributed by atoms with Crippen LogP contribution >= 0.6 is 0 Å². The van der Waals surface area contributed by atoms with E-state index in [0.29, 0.717) is 0 Å². The summed E-state index contributed by atoms with van der Waals surface area (Å²) in [6.07, 6.45) is 2.12. The molecule has 0 saturated carbocycles. The molecule has 0 bridgehead atoms. The molecule has 3 aliphatic rings. The van der Waals surface area contributed by atoms with Gasteiger partial charge in [0.25, 0.3) is 0 Å². The van der Waals surface area contributed by atoms with Gasteiger partial charge in [-0.25, -0.2) is 0 Å². The first-order valence-electron chi connectivity index (χ1n) is 13.6. The lowest BCUT2D eigenvalue weighted by Crippen LogP contribution is -2.76. The topological polar surface area (TPSA) is 31.1 Å². The van der Waals surface area contributed by atoms with Crippen molar-refractivity contribution in [2.24, 2.45) is 0 Å². The molecule has 190 valence electrons. The normalized spacial score (nSPS) is 16.8. The highest BCUT2D eigenvalue weighted by atomic mass is 16.5. The molecule has 5 nitrogen and oxygen atoms in total. The SMILES string of the molecule is Cc1c(-c2ccc(-c3ccccc3)cc2)c(C)[n+]2n1-c1cccc3c1C21c2c(cccc2Oc2cccc[n+]21)O3. The van der Waals surface area contributed by atoms with E-state index in [9.17, 15) is 0 Å². The molecule has 2 aromatic heterocycles. The molecular formula is C35H25N3O2+2. The summed E-state index contributed by atoms with van der Waals surface area (Å²) >= 11 is 0. The zero-order valence-electron chi connectivity index (χ0n) is 22.1. The number of fused-ring (bicyclic) bond motifs is 3. The second kappa shape index (κ2) is 7.48. The average molecular weight is 520 g/mol. The van der Waals surface area contributed by atoms with E-state index in [-0.39, 0.29) is 0 Å². The quantitative estimate of drug-likeness (QED) is 0.235. The molecule has 4 aromatic carbocycles. The van der Waals surface area contributed by atoms with E-state index in [1.54, 1.807) is 0 Å². The number of aromatic nitrogens is 3. The van der Waals surface area contributed by atoms with Gasteiger partial charge in [-0.05, 0) is 58.6 Å². The van der Waals surface area contributed by atoms with Crippen LogP contribution in [0.2, 0.25) is 0 Å². The number of pyridine rings is 1. The Balaban J connectivity index is 1.37. The predicted octanol–water partition coefficient (Wildman–Crippen LogP) is 6.83. The molecule has 0 aliphatic carbocycles. The fourth-order valence-corrected chi connectivity index (χ4v) is 7.17. The molecule has 0 saturated heterocycles. The summed E-state index contributed by atoms with van der Waals surface area (Å²) in [4.78, 5) is 0. The molecule has 5 heterocycles. The minimum absolute atomic E-state index is 0.692. The van der Waals surface area contributed by atoms with Gasteiger partial charge in [0.05, 0.1) is 17.3 Å². The van der Waals surface area contributed by atoms with E-state index in [1.807, 2.05) is 30.3 Å². The van der Waals surface area contributed by atoms with Crippen molar-refractivity contribution in [2.75, 3.05) is 0 Å². The highest BCUT2D eigenvalue weighted by Gasteiger charge is 2.72. The number of benzene rings is 4. The van der Waals surface area contributed by atoms with Gasteiger partial charge in [0.1, 0.15) is 17.2 Å². The van der Waals surface area contributed by atoms with Gasteiger partial charge in [0.15, 0.2) is 23.1 Å². The van der Waals surface area contributed by atoms with Crippen LogP contribution in [-0.4, -0.2) is 4.68 Å². The van der Waals surface area contributed by atoms with Crippen molar-refractivity contribution in [3.8, 4) is 51.1 Å². The average Bonchev–Trinajstić information content (AvgIpc) is 3.45. The third kappa shape index (κ3) is 2.48. The second-order valence-corrected chi connectivity index (χ2v) is 10.7. The maximum Gasteiger partial charge on any atom is 0.452 e. The van der Waals surface area contributed by atoms with E-state index in [2.05, 4.69) is 113 Å². The van der Waals surface area contributed by atoms with Crippen LogP contribution in [0.15, 0.2) is 115 Å². The molecule has 6 aromatic rings. The van der Waals surface area contributed by atoms with Crippen molar-refractivity contribution in [1.29, 1.82) is 0 Å². The Bertz CT molecular complexity index is 2010. The summed E-state index contributed by atoms with van der Waals surface area (Å²) in [7, 11) is 0. The predicted molar refractivity (Wildman–Crippen MR) is 151 cm³/mol. The van der Waals surface area contributed by atoms with Crippen molar-refractivity contribution < 1.29 is 18.7 Å². The molecule has 0 radical (unpaired) electrons. The van der Waals surface area contributed by atoms with E-state index in [0.717, 1.165) is 39.9 Å². The maximum absolute atomic E-state index is 6.56. The van der Waals surface area contributed by atoms with Gasteiger partial charge in [-0.2, -0.15) is 0 Å². The van der Waals surface area contributed by atoms with E-state index >= 15 is 0 Å². The third-order valence-electron chi connectivity index (χ3n) is 8.67. The van der Waals surface area contributed by atoms with Gasteiger partial charge in [-0.1, -0.05) is 71.3 Å². The standard InChI is InChI=1S/C35H25N3O2/c1-22-32(26-19-17-25(18-20-26)24-10-4-3-5-11-24)23(2)38-35-33-27(37(22)38)12-8-13-28(33)39-29-14-9-15-30(34(29)35)40-31-16-6-7-21-36(31)35/h3-21H,1-2H3/q+2. The minimum Gasteiger partial charge on any atom is -0.455 e. The number of hydrogen-bond donors (Lipinski definition) is 0. The molecule has 0 amide bonds. The fraction of sp³-hybridized carbons (Fsp3) is 0.0857. The van der Waals surface area contributed by atoms with Gasteiger partial charge < -0.3 is 9.47 Å². The highest BCUT2D eigenvalue weighted by Crippen LogP contribution is 2.56. The fourth-order valence-electron chi connectivity index (χ4n) is 7.17. The first-order chi connectivity index (χ1) is 19.7. The van der Waals surface area contributed by atoms with Gasteiger partial charge in [0, 0.05) is 13.0 Å². The van der Waals surface area contributed by atoms with E-state index in [4.69, 9.17) is 9.47 Å². The van der Waals surface area contributed by atoms with Crippen molar-refractivity contribution in [1.82, 2.24) is 4.68 Å². The summed E-state index contributed by atoms with van der Waals surface area (Å²) in [6.45, 7) is 4.46. The molecular weight excluding hydrogens is 494 g/mol. The Labute approximate surface area is 231 Å². The highest BCUT2D eigenvalue weighted by molar-refractivity contribution is 5.74. The smallest absolute Gasteiger partial charge is 0.452 e. The van der Waals surface area contributed by atoms with Gasteiger partial charge >= 0.3 is 11.5 Å². The maximum atomic E-state index is 6.56. The molecule has 40 heavy (non-hydrogen) atoms. The summed E-state index contributed by atoms with van der Waals surface area (Å²) in [5, 5.41) is 0. The summed E-state index contributed by atoms with van der Waals surface area (Å²) in [5.74, 6) is 3.30. The zero-order chi connectivity index (χ0) is 26.6. The minimum atomic E-state index is -0.692. The second-order valence-electron chi connectivity index (χ2n) is 10.7. The van der Waals surface area contributed by atoms with Gasteiger partial charge in [-0.15, -0.1) is 4.68 Å². The van der Waals surface area contributed by atoms with Crippen molar-refractivity contribution in [2.45, 2.75) is 19.5 Å². The van der Waals surface area contributed by atoms with Crippen LogP contribution in [0, 0.1) is 13.8 Å². The Hall–Kier alpha value is -5.16. The number of hydrogen-bond acceptors (Lipinski definition) is 2. The Morgan fingerprint density at radius 2 is 1.25 bits per heavy atom. The lowest BCUT2D eigenvalue weighted by molar-refractivity contribution is -0.999. The lowest BCUT2D eigenvalue weighted by atomic mass is 9.85. The summed E-state index contributed by atoms with van der Waals surface area (Å²) in [5.41, 5.74) is 9.82. The molecule has 3 aliphatic heterocycles. The number of ether oxygens (including phenoxy) is 2. The van der Waals surface area contributed by atoms with Crippen LogP contribution in [-0.2, 0) is 5.66 Å². The summed E-state index contributed by atoms with van der Waals surface area (Å²) in [6, 6.07) is 38.1. The summed E-state index contributed by atoms with van der Waals surface area (Å²) < 4.78 is 20.1. The van der Waals surface area contributed by atoms with Gasteiger partial charge in [-0.3, -0.25) is 0 Å². The van der Waals surface area contributed by atoms with E-state index in [1.165, 1.54) is 33.6 Å². The molecule has 5 heteroatoms.